The Labute approximate surface area is 154 Å². The number of carbonyl (C=O) groups excluding carboxylic acids is 1. The van der Waals surface area contributed by atoms with Crippen LogP contribution in [0.1, 0.15) is 20.8 Å². The van der Waals surface area contributed by atoms with Crippen molar-refractivity contribution in [3.05, 3.63) is 48.5 Å². The normalized spacial score (nSPS) is 11.5. The highest BCUT2D eigenvalue weighted by molar-refractivity contribution is 7.99. The Bertz CT molecular complexity index is 901. The zero-order chi connectivity index (χ0) is 18.7. The maximum absolute atomic E-state index is 14.4. The highest BCUT2D eigenvalue weighted by Gasteiger charge is 2.22. The minimum absolute atomic E-state index is 0.0298. The maximum atomic E-state index is 14.4. The van der Waals surface area contributed by atoms with Gasteiger partial charge < -0.3 is 9.15 Å². The van der Waals surface area contributed by atoms with E-state index in [0.29, 0.717) is 16.7 Å². The molecular formula is C18H18FN3O3S. The van der Waals surface area contributed by atoms with Crippen LogP contribution in [0, 0.1) is 5.82 Å². The molecule has 0 unspecified atom stereocenters. The lowest BCUT2D eigenvalue weighted by atomic mass is 10.2. The van der Waals surface area contributed by atoms with E-state index in [1.54, 1.807) is 51.1 Å². The van der Waals surface area contributed by atoms with Crippen LogP contribution in [0.5, 0.6) is 0 Å². The highest BCUT2D eigenvalue weighted by atomic mass is 32.2. The molecule has 1 aromatic carbocycles. The summed E-state index contributed by atoms with van der Waals surface area (Å²) in [4.78, 5) is 12.0. The molecule has 6 nitrogen and oxygen atoms in total. The van der Waals surface area contributed by atoms with E-state index in [9.17, 15) is 9.18 Å². The van der Waals surface area contributed by atoms with Crippen molar-refractivity contribution < 1.29 is 18.3 Å². The average Bonchev–Trinajstić information content (AvgIpc) is 3.21. The first kappa shape index (κ1) is 18.2. The first-order chi connectivity index (χ1) is 12.3. The standard InChI is InChI=1S/C18H18FN3O3S/c1-18(2,3)25-15(23)11-26-17-21-20-16(14-9-6-10-24-14)22(17)13-8-5-4-7-12(13)19/h4-10H,11H2,1-3H3. The fourth-order valence-electron chi connectivity index (χ4n) is 2.27. The van der Waals surface area contributed by atoms with Gasteiger partial charge in [0.15, 0.2) is 10.9 Å². The number of furan rings is 1. The lowest BCUT2D eigenvalue weighted by Crippen LogP contribution is -2.25. The lowest BCUT2D eigenvalue weighted by molar-refractivity contribution is -0.151. The van der Waals surface area contributed by atoms with Gasteiger partial charge in [0.25, 0.3) is 0 Å². The molecule has 0 saturated carbocycles. The highest BCUT2D eigenvalue weighted by Crippen LogP contribution is 2.29. The van der Waals surface area contributed by atoms with Gasteiger partial charge in [-0.3, -0.25) is 9.36 Å². The van der Waals surface area contributed by atoms with Crippen LogP contribution in [0.25, 0.3) is 17.3 Å². The predicted molar refractivity (Wildman–Crippen MR) is 95.6 cm³/mol. The molecule has 0 N–H and O–H groups in total. The second-order valence-corrected chi connectivity index (χ2v) is 7.39. The Balaban J connectivity index is 1.94. The molecule has 2 heterocycles. The molecule has 3 rings (SSSR count). The Morgan fingerprint density at radius 1 is 1.23 bits per heavy atom. The van der Waals surface area contributed by atoms with Crippen LogP contribution in [0.4, 0.5) is 4.39 Å². The third-order valence-electron chi connectivity index (χ3n) is 3.21. The number of benzene rings is 1. The molecule has 2 aromatic heterocycles. The van der Waals surface area contributed by atoms with Gasteiger partial charge >= 0.3 is 5.97 Å². The molecule has 8 heteroatoms. The van der Waals surface area contributed by atoms with Gasteiger partial charge in [-0.25, -0.2) is 4.39 Å². The molecule has 0 fully saturated rings. The number of thioether (sulfide) groups is 1. The Hall–Kier alpha value is -2.61. The molecule has 0 amide bonds. The van der Waals surface area contributed by atoms with E-state index in [1.807, 2.05) is 0 Å². The zero-order valence-corrected chi connectivity index (χ0v) is 15.4. The molecule has 0 saturated heterocycles. The van der Waals surface area contributed by atoms with Crippen LogP contribution in [-0.2, 0) is 9.53 Å². The fraction of sp³-hybridized carbons (Fsp3) is 0.278. The predicted octanol–water partition coefficient (Wildman–Crippen LogP) is 4.10. The number of para-hydroxylation sites is 1. The average molecular weight is 375 g/mol. The van der Waals surface area contributed by atoms with Gasteiger partial charge in [0.05, 0.1) is 17.7 Å². The molecule has 0 aliphatic carbocycles. The van der Waals surface area contributed by atoms with Crippen molar-refractivity contribution in [2.24, 2.45) is 0 Å². The van der Waals surface area contributed by atoms with E-state index in [2.05, 4.69) is 10.2 Å². The van der Waals surface area contributed by atoms with Gasteiger partial charge in [0.1, 0.15) is 11.4 Å². The number of ether oxygens (including phenoxy) is 1. The quantitative estimate of drug-likeness (QED) is 0.494. The number of hydrogen-bond acceptors (Lipinski definition) is 6. The Morgan fingerprint density at radius 2 is 2.00 bits per heavy atom. The monoisotopic (exact) mass is 375 g/mol. The summed E-state index contributed by atoms with van der Waals surface area (Å²) < 4.78 is 26.6. The first-order valence-corrected chi connectivity index (χ1v) is 8.92. The van der Waals surface area contributed by atoms with Crippen LogP contribution in [-0.4, -0.2) is 32.1 Å². The SMILES string of the molecule is CC(C)(C)OC(=O)CSc1nnc(-c2ccco2)n1-c1ccccc1F. The minimum atomic E-state index is -0.573. The summed E-state index contributed by atoms with van der Waals surface area (Å²) in [5, 5.41) is 8.58. The van der Waals surface area contributed by atoms with Crippen LogP contribution >= 0.6 is 11.8 Å². The summed E-state index contributed by atoms with van der Waals surface area (Å²) in [5.41, 5.74) is -0.300. The smallest absolute Gasteiger partial charge is 0.316 e. The number of carbonyl (C=O) groups is 1. The molecule has 136 valence electrons. The number of nitrogens with zero attached hydrogens (tertiary/aromatic N) is 3. The van der Waals surface area contributed by atoms with Crippen molar-refractivity contribution in [3.8, 4) is 17.3 Å². The van der Waals surface area contributed by atoms with Crippen LogP contribution in [0.15, 0.2) is 52.2 Å². The van der Waals surface area contributed by atoms with Crippen molar-refractivity contribution in [1.29, 1.82) is 0 Å². The van der Waals surface area contributed by atoms with Gasteiger partial charge in [0.2, 0.25) is 5.82 Å². The molecule has 0 atom stereocenters. The van der Waals surface area contributed by atoms with E-state index in [0.717, 1.165) is 11.8 Å². The van der Waals surface area contributed by atoms with Gasteiger partial charge in [-0.1, -0.05) is 23.9 Å². The Morgan fingerprint density at radius 3 is 2.65 bits per heavy atom. The second-order valence-electron chi connectivity index (χ2n) is 6.45. The van der Waals surface area contributed by atoms with E-state index in [-0.39, 0.29) is 17.4 Å². The Kier molecular flexibility index (Phi) is 5.13. The summed E-state index contributed by atoms with van der Waals surface area (Å²) in [7, 11) is 0. The van der Waals surface area contributed by atoms with Gasteiger partial charge in [-0.05, 0) is 45.0 Å². The first-order valence-electron chi connectivity index (χ1n) is 7.94. The third kappa shape index (κ3) is 4.13. The van der Waals surface area contributed by atoms with Gasteiger partial charge in [0, 0.05) is 0 Å². The molecule has 0 spiro atoms. The molecule has 0 aliphatic rings. The minimum Gasteiger partial charge on any atom is -0.461 e. The maximum Gasteiger partial charge on any atom is 0.316 e. The lowest BCUT2D eigenvalue weighted by Gasteiger charge is -2.19. The molecule has 0 bridgehead atoms. The number of rotatable bonds is 5. The molecule has 0 radical (unpaired) electrons. The topological polar surface area (TPSA) is 70.2 Å². The number of halogens is 1. The molecule has 0 aliphatic heterocycles. The summed E-state index contributed by atoms with van der Waals surface area (Å²) >= 11 is 1.12. The second kappa shape index (κ2) is 7.33. The zero-order valence-electron chi connectivity index (χ0n) is 14.6. The number of hydrogen-bond donors (Lipinski definition) is 0. The largest absolute Gasteiger partial charge is 0.461 e. The van der Waals surface area contributed by atoms with Crippen LogP contribution in [0.2, 0.25) is 0 Å². The molecular weight excluding hydrogens is 357 g/mol. The van der Waals surface area contributed by atoms with Crippen molar-refractivity contribution in [3.63, 3.8) is 0 Å². The van der Waals surface area contributed by atoms with Crippen molar-refractivity contribution >= 4 is 17.7 Å². The van der Waals surface area contributed by atoms with Crippen molar-refractivity contribution in [2.75, 3.05) is 5.75 Å². The van der Waals surface area contributed by atoms with Crippen LogP contribution in [0.3, 0.4) is 0 Å². The van der Waals surface area contributed by atoms with E-state index in [1.165, 1.54) is 16.9 Å². The fourth-order valence-corrected chi connectivity index (χ4v) is 2.99. The van der Waals surface area contributed by atoms with Crippen molar-refractivity contribution in [1.82, 2.24) is 14.8 Å². The summed E-state index contributed by atoms with van der Waals surface area (Å²) in [6, 6.07) is 9.70. The van der Waals surface area contributed by atoms with Gasteiger partial charge in [-0.15, -0.1) is 10.2 Å². The van der Waals surface area contributed by atoms with E-state index >= 15 is 0 Å². The van der Waals surface area contributed by atoms with Gasteiger partial charge in [-0.2, -0.15) is 0 Å². The number of esters is 1. The van der Waals surface area contributed by atoms with Crippen molar-refractivity contribution in [2.45, 2.75) is 31.5 Å². The van der Waals surface area contributed by atoms with E-state index in [4.69, 9.17) is 9.15 Å². The summed E-state index contributed by atoms with van der Waals surface area (Å²) in [6.07, 6.45) is 1.50. The summed E-state index contributed by atoms with van der Waals surface area (Å²) in [6.45, 7) is 5.39. The third-order valence-corrected chi connectivity index (χ3v) is 4.11. The van der Waals surface area contributed by atoms with E-state index < -0.39 is 11.4 Å². The molecule has 3 aromatic rings. The summed E-state index contributed by atoms with van der Waals surface area (Å²) in [5.74, 6) is 0.0168. The van der Waals surface area contributed by atoms with Crippen LogP contribution < -0.4 is 0 Å². The number of aromatic nitrogens is 3. The molecule has 26 heavy (non-hydrogen) atoms.